The van der Waals surface area contributed by atoms with Gasteiger partial charge in [0, 0.05) is 18.8 Å². The highest BCUT2D eigenvalue weighted by molar-refractivity contribution is 6.54. The molecule has 4 nitrogen and oxygen atoms in total. The lowest BCUT2D eigenvalue weighted by atomic mass is 9.76. The van der Waals surface area contributed by atoms with Crippen LogP contribution in [0.25, 0.3) is 0 Å². The third kappa shape index (κ3) is 2.64. The van der Waals surface area contributed by atoms with E-state index in [0.29, 0.717) is 6.61 Å². The SMILES string of the molecule is C=C(C)N1CCC2(C=C(B3OC(C)(C)C(C)(C)O3)CO2)CC1. The Labute approximate surface area is 134 Å². The number of hydrogen-bond donors (Lipinski definition) is 0. The first-order valence-electron chi connectivity index (χ1n) is 8.26. The molecule has 0 bridgehead atoms. The second kappa shape index (κ2) is 5.12. The van der Waals surface area contributed by atoms with Crippen molar-refractivity contribution in [3.8, 4) is 0 Å². The molecule has 0 aromatic rings. The predicted molar refractivity (Wildman–Crippen MR) is 88.5 cm³/mol. The topological polar surface area (TPSA) is 30.9 Å². The van der Waals surface area contributed by atoms with E-state index >= 15 is 0 Å². The van der Waals surface area contributed by atoms with Crippen molar-refractivity contribution in [1.29, 1.82) is 0 Å². The maximum Gasteiger partial charge on any atom is 0.492 e. The molecule has 3 aliphatic heterocycles. The van der Waals surface area contributed by atoms with Gasteiger partial charge in [-0.15, -0.1) is 0 Å². The number of ether oxygens (including phenoxy) is 1. The molecule has 0 radical (unpaired) electrons. The third-order valence-electron chi connectivity index (χ3n) is 5.68. The zero-order valence-electron chi connectivity index (χ0n) is 14.6. The molecule has 3 heterocycles. The minimum Gasteiger partial charge on any atom is -0.400 e. The van der Waals surface area contributed by atoms with E-state index in [0.717, 1.165) is 37.1 Å². The Morgan fingerprint density at radius 2 is 1.68 bits per heavy atom. The van der Waals surface area contributed by atoms with Gasteiger partial charge in [0.15, 0.2) is 0 Å². The van der Waals surface area contributed by atoms with Crippen molar-refractivity contribution in [2.75, 3.05) is 19.7 Å². The molecular weight excluding hydrogens is 277 g/mol. The van der Waals surface area contributed by atoms with E-state index in [1.807, 2.05) is 0 Å². The van der Waals surface area contributed by atoms with E-state index in [4.69, 9.17) is 14.0 Å². The van der Waals surface area contributed by atoms with Gasteiger partial charge in [-0.3, -0.25) is 0 Å². The van der Waals surface area contributed by atoms with Crippen molar-refractivity contribution >= 4 is 7.12 Å². The van der Waals surface area contributed by atoms with Crippen molar-refractivity contribution in [1.82, 2.24) is 4.90 Å². The van der Waals surface area contributed by atoms with Crippen LogP contribution in [0.15, 0.2) is 23.8 Å². The average molecular weight is 305 g/mol. The highest BCUT2D eigenvalue weighted by atomic mass is 16.7. The van der Waals surface area contributed by atoms with E-state index < -0.39 is 0 Å². The van der Waals surface area contributed by atoms with Crippen LogP contribution < -0.4 is 0 Å². The molecule has 0 unspecified atom stereocenters. The van der Waals surface area contributed by atoms with Crippen molar-refractivity contribution in [3.05, 3.63) is 23.8 Å². The summed E-state index contributed by atoms with van der Waals surface area (Å²) < 4.78 is 18.5. The van der Waals surface area contributed by atoms with Crippen LogP contribution in [0.3, 0.4) is 0 Å². The summed E-state index contributed by atoms with van der Waals surface area (Å²) in [6, 6.07) is 0. The van der Waals surface area contributed by atoms with Crippen LogP contribution in [0.4, 0.5) is 0 Å². The largest absolute Gasteiger partial charge is 0.492 e. The lowest BCUT2D eigenvalue weighted by molar-refractivity contribution is -0.0177. The molecule has 0 atom stereocenters. The summed E-state index contributed by atoms with van der Waals surface area (Å²) in [7, 11) is -0.274. The van der Waals surface area contributed by atoms with E-state index in [1.165, 1.54) is 0 Å². The molecule has 1 spiro atoms. The van der Waals surface area contributed by atoms with Gasteiger partial charge in [-0.05, 0) is 52.9 Å². The molecule has 0 aromatic heterocycles. The molecule has 0 saturated carbocycles. The van der Waals surface area contributed by atoms with Gasteiger partial charge in [0.1, 0.15) is 0 Å². The fraction of sp³-hybridized carbons (Fsp3) is 0.765. The predicted octanol–water partition coefficient (Wildman–Crippen LogP) is 2.94. The minimum atomic E-state index is -0.294. The maximum absolute atomic E-state index is 6.16. The first-order chi connectivity index (χ1) is 10.1. The average Bonchev–Trinajstić information content (AvgIpc) is 2.90. The van der Waals surface area contributed by atoms with Gasteiger partial charge >= 0.3 is 7.12 Å². The lowest BCUT2D eigenvalue weighted by Crippen LogP contribution is -2.42. The van der Waals surface area contributed by atoms with Crippen LogP contribution in [0.1, 0.15) is 47.5 Å². The number of allylic oxidation sites excluding steroid dienone is 1. The molecule has 122 valence electrons. The van der Waals surface area contributed by atoms with E-state index in [-0.39, 0.29) is 23.9 Å². The van der Waals surface area contributed by atoms with Crippen LogP contribution in [0.5, 0.6) is 0 Å². The number of piperidine rings is 1. The van der Waals surface area contributed by atoms with Crippen molar-refractivity contribution in [3.63, 3.8) is 0 Å². The summed E-state index contributed by atoms with van der Waals surface area (Å²) in [5.41, 5.74) is 1.56. The molecule has 3 aliphatic rings. The first kappa shape index (κ1) is 16.1. The van der Waals surface area contributed by atoms with Gasteiger partial charge in [0.05, 0.1) is 23.4 Å². The molecule has 22 heavy (non-hydrogen) atoms. The summed E-state index contributed by atoms with van der Waals surface area (Å²) in [5.74, 6) is 0. The second-order valence-electron chi connectivity index (χ2n) is 7.88. The van der Waals surface area contributed by atoms with Crippen LogP contribution in [0.2, 0.25) is 0 Å². The Morgan fingerprint density at radius 3 is 2.18 bits per heavy atom. The third-order valence-corrected chi connectivity index (χ3v) is 5.68. The Hall–Kier alpha value is -0.775. The normalized spacial score (nSPS) is 29.0. The number of rotatable bonds is 2. The van der Waals surface area contributed by atoms with Gasteiger partial charge in [-0.1, -0.05) is 12.7 Å². The smallest absolute Gasteiger partial charge is 0.400 e. The van der Waals surface area contributed by atoms with Crippen LogP contribution in [0, 0.1) is 0 Å². The minimum absolute atomic E-state index is 0.134. The molecule has 2 fully saturated rings. The second-order valence-corrected chi connectivity index (χ2v) is 7.88. The maximum atomic E-state index is 6.16. The molecule has 2 saturated heterocycles. The monoisotopic (exact) mass is 305 g/mol. The summed E-state index contributed by atoms with van der Waals surface area (Å²) in [6.45, 7) is 17.1. The van der Waals surface area contributed by atoms with Gasteiger partial charge in [0.25, 0.3) is 0 Å². The number of hydrogen-bond acceptors (Lipinski definition) is 4. The Morgan fingerprint density at radius 1 is 1.14 bits per heavy atom. The summed E-state index contributed by atoms with van der Waals surface area (Å²) in [5, 5.41) is 0. The van der Waals surface area contributed by atoms with E-state index in [9.17, 15) is 0 Å². The van der Waals surface area contributed by atoms with Crippen molar-refractivity contribution < 1.29 is 14.0 Å². The molecule has 3 rings (SSSR count). The van der Waals surface area contributed by atoms with Gasteiger partial charge in [0.2, 0.25) is 0 Å². The molecule has 5 heteroatoms. The molecule has 0 N–H and O–H groups in total. The lowest BCUT2D eigenvalue weighted by Gasteiger charge is -2.39. The Bertz CT molecular complexity index is 488. The Kier molecular flexibility index (Phi) is 3.74. The Balaban J connectivity index is 1.70. The summed E-state index contributed by atoms with van der Waals surface area (Å²) >= 11 is 0. The first-order valence-corrected chi connectivity index (χ1v) is 8.26. The highest BCUT2D eigenvalue weighted by Crippen LogP contribution is 2.42. The quantitative estimate of drug-likeness (QED) is 0.734. The van der Waals surface area contributed by atoms with Crippen LogP contribution in [-0.2, 0) is 14.0 Å². The van der Waals surface area contributed by atoms with Crippen LogP contribution in [-0.4, -0.2) is 48.5 Å². The molecule has 0 amide bonds. The van der Waals surface area contributed by atoms with Gasteiger partial charge in [-0.2, -0.15) is 0 Å². The zero-order valence-corrected chi connectivity index (χ0v) is 14.6. The van der Waals surface area contributed by atoms with Crippen LogP contribution >= 0.6 is 0 Å². The van der Waals surface area contributed by atoms with Crippen molar-refractivity contribution in [2.24, 2.45) is 0 Å². The standard InChI is InChI=1S/C17H28BNO3/c1-13(2)19-9-7-17(8-10-19)11-14(12-20-17)18-21-15(3,4)16(5,6)22-18/h11H,1,7-10,12H2,2-6H3. The zero-order chi connectivity index (χ0) is 16.2. The molecule has 0 aromatic carbocycles. The molecule has 0 aliphatic carbocycles. The van der Waals surface area contributed by atoms with Gasteiger partial charge in [-0.25, -0.2) is 0 Å². The highest BCUT2D eigenvalue weighted by Gasteiger charge is 2.54. The number of nitrogens with zero attached hydrogens (tertiary/aromatic N) is 1. The summed E-state index contributed by atoms with van der Waals surface area (Å²) in [6.07, 6.45) is 4.27. The number of likely N-dealkylation sites (tertiary alicyclic amines) is 1. The fourth-order valence-electron chi connectivity index (χ4n) is 3.33. The van der Waals surface area contributed by atoms with E-state index in [1.54, 1.807) is 0 Å². The molecular formula is C17H28BNO3. The van der Waals surface area contributed by atoms with Gasteiger partial charge < -0.3 is 18.9 Å². The summed E-state index contributed by atoms with van der Waals surface area (Å²) in [4.78, 5) is 2.33. The van der Waals surface area contributed by atoms with Crippen molar-refractivity contribution in [2.45, 2.75) is 64.3 Å². The van der Waals surface area contributed by atoms with E-state index in [2.05, 4.69) is 52.2 Å². The fourth-order valence-corrected chi connectivity index (χ4v) is 3.33.